The van der Waals surface area contributed by atoms with Gasteiger partial charge in [0.2, 0.25) is 0 Å². The first-order valence-electron chi connectivity index (χ1n) is 30.6. The van der Waals surface area contributed by atoms with Gasteiger partial charge in [-0.1, -0.05) is 67.1 Å². The van der Waals surface area contributed by atoms with E-state index in [0.29, 0.717) is 123 Å². The van der Waals surface area contributed by atoms with Crippen LogP contribution < -0.4 is 52.4 Å². The summed E-state index contributed by atoms with van der Waals surface area (Å²) in [6, 6.07) is 28.4. The van der Waals surface area contributed by atoms with Gasteiger partial charge in [0.05, 0.1) is 11.1 Å². The minimum absolute atomic E-state index is 0.0524. The van der Waals surface area contributed by atoms with Crippen LogP contribution >= 0.6 is 0 Å². The highest BCUT2D eigenvalue weighted by Crippen LogP contribution is 2.37. The fourth-order valence-electron chi connectivity index (χ4n) is 10.5. The lowest BCUT2D eigenvalue weighted by Crippen LogP contribution is -2.47. The van der Waals surface area contributed by atoms with Crippen molar-refractivity contribution < 1.29 is 47.8 Å². The number of nitrogens with two attached hydrogens (primary N) is 1. The Morgan fingerprint density at radius 1 is 0.477 bits per heavy atom. The molecule has 88 heavy (non-hydrogen) atoms. The number of unbranched alkanes of at least 4 members (excludes halogenated alkanes) is 1. The van der Waals surface area contributed by atoms with Crippen LogP contribution in [0.15, 0.2) is 97.1 Å². The maximum atomic E-state index is 14.7. The molecule has 0 saturated heterocycles. The Morgan fingerprint density at radius 2 is 0.818 bits per heavy atom. The number of ether oxygens (including phenoxy) is 3. The maximum Gasteiger partial charge on any atom is 0.407 e. The van der Waals surface area contributed by atoms with E-state index < -0.39 is 23.5 Å². The fourth-order valence-corrected chi connectivity index (χ4v) is 10.5. The molecule has 7 amide bonds. The van der Waals surface area contributed by atoms with Crippen molar-refractivity contribution in [3.8, 4) is 11.5 Å². The molecule has 0 spiro atoms. The molecule has 5 aromatic carbocycles. The molecule has 0 fully saturated rings. The van der Waals surface area contributed by atoms with Crippen molar-refractivity contribution in [2.24, 2.45) is 5.73 Å². The molecule has 0 aliphatic carbocycles. The number of alkyl carbamates (subject to hydrolysis) is 1. The van der Waals surface area contributed by atoms with Crippen molar-refractivity contribution in [2.45, 2.75) is 92.6 Å². The molecule has 14 rings (SSSR count). The zero-order valence-electron chi connectivity index (χ0n) is 52.2. The van der Waals surface area contributed by atoms with Crippen LogP contribution in [0.4, 0.5) is 4.79 Å². The summed E-state index contributed by atoms with van der Waals surface area (Å²) < 4.78 is 18.6. The Bertz CT molecular complexity index is 3110. The van der Waals surface area contributed by atoms with Gasteiger partial charge >= 0.3 is 6.09 Å². The molecule has 8 bridgehead atoms. The lowest BCUT2D eigenvalue weighted by Gasteiger charge is -2.30. The number of hydrogen-bond donors (Lipinski definition) is 8. The Balaban J connectivity index is 1.25. The summed E-state index contributed by atoms with van der Waals surface area (Å²) in [5.41, 5.74) is 12.6. The third kappa shape index (κ3) is 20.1. The van der Waals surface area contributed by atoms with Crippen molar-refractivity contribution in [3.05, 3.63) is 164 Å². The molecule has 0 saturated carbocycles. The van der Waals surface area contributed by atoms with Crippen molar-refractivity contribution in [1.29, 1.82) is 0 Å². The number of hydrogen-bond acceptors (Lipinski definition) is 14. The molecule has 0 radical (unpaired) electrons. The van der Waals surface area contributed by atoms with E-state index >= 15 is 0 Å². The van der Waals surface area contributed by atoms with E-state index in [0.717, 1.165) is 17.5 Å². The van der Waals surface area contributed by atoms with Crippen LogP contribution in [0.25, 0.3) is 0 Å². The summed E-state index contributed by atoms with van der Waals surface area (Å²) in [4.78, 5) is 104. The van der Waals surface area contributed by atoms with Crippen LogP contribution in [0.5, 0.6) is 11.5 Å². The number of carbonyl (C=O) groups is 7. The van der Waals surface area contributed by atoms with E-state index in [9.17, 15) is 33.6 Å². The molecule has 472 valence electrons. The Hall–Kier alpha value is -8.37. The smallest absolute Gasteiger partial charge is 0.407 e. The van der Waals surface area contributed by atoms with Gasteiger partial charge in [-0.2, -0.15) is 0 Å². The second kappa shape index (κ2) is 33.1. The summed E-state index contributed by atoms with van der Waals surface area (Å²) in [5.74, 6) is -2.00. The van der Waals surface area contributed by atoms with Gasteiger partial charge < -0.3 is 57.2 Å². The largest absolute Gasteiger partial charge is 0.484 e. The fraction of sp³-hybridized carbons (Fsp3) is 0.448. The zero-order chi connectivity index (χ0) is 63.2. The molecule has 21 nitrogen and oxygen atoms in total. The summed E-state index contributed by atoms with van der Waals surface area (Å²) >= 11 is 0. The molecule has 21 heteroatoms. The Morgan fingerprint density at radius 3 is 1.19 bits per heavy atom. The van der Waals surface area contributed by atoms with Gasteiger partial charge in [0.1, 0.15) is 18.8 Å². The van der Waals surface area contributed by atoms with Crippen molar-refractivity contribution >= 4 is 41.5 Å². The number of amides is 7. The van der Waals surface area contributed by atoms with Crippen molar-refractivity contribution in [2.75, 3.05) is 105 Å². The molecule has 5 aromatic rings. The van der Waals surface area contributed by atoms with Gasteiger partial charge in [-0.25, -0.2) is 4.79 Å². The van der Waals surface area contributed by atoms with Gasteiger partial charge in [-0.15, -0.1) is 0 Å². The van der Waals surface area contributed by atoms with E-state index in [1.807, 2.05) is 114 Å². The Labute approximate surface area is 517 Å². The van der Waals surface area contributed by atoms with Crippen molar-refractivity contribution in [1.82, 2.24) is 51.9 Å². The molecular formula is C67H89N11O10. The first-order chi connectivity index (χ1) is 42.3. The van der Waals surface area contributed by atoms with Crippen LogP contribution in [0, 0.1) is 27.7 Å². The first kappa shape index (κ1) is 67.1. The van der Waals surface area contributed by atoms with Crippen LogP contribution in [-0.2, 0) is 18.0 Å². The number of fused-ring (bicyclic) bond motifs is 1. The Kier molecular flexibility index (Phi) is 25.3. The SMILES string of the molecule is Cc1c2ccc(c1C)C(=O)NCCN1CCNC(=O)c3ccc(c(C)c3C)C(=O)NCCN(CCNC2=O)CCNC(=O)c2ccc(c(OCc3ccccc3)c2OCc2ccccc2)C(=O)NCCN(CC(N)CCCCNC(=O)OC(C)(C)C)CC1. The molecule has 9 N–H and O–H groups in total. The number of rotatable bonds is 13. The second-order valence-corrected chi connectivity index (χ2v) is 23.4. The predicted octanol–water partition coefficient (Wildman–Crippen LogP) is 5.81. The quantitative estimate of drug-likeness (QED) is 0.0647. The van der Waals surface area contributed by atoms with Crippen LogP contribution in [0.3, 0.4) is 0 Å². The standard InChI is InChI=1S/C67H89N11O10/c1-45-47(3)54-23-21-52(45)60(79)69-28-34-76-35-29-70-61(80)53-22-24-55(48(4)46(53)2)63(82)72-32-38-77(37-31-71-62(54)81)40-41-78(42-51(68)20-14-15-27-75-66(85)88-67(5,6)7)39-33-74-65(84)57-26-25-56(64(83)73-30-36-76)58(86-43-49-16-10-8-11-17-49)59(57)87-44-50-18-12-9-13-19-50/h8-13,16-19,21-26,51H,14-15,20,27-44,68H2,1-7H3,(H,69,79)(H,70,80)(H,71,81)(H,72,82)(H,73,83)(H,74,84)(H,75,85). The van der Waals surface area contributed by atoms with Gasteiger partial charge in [0.25, 0.3) is 35.4 Å². The molecule has 1 atom stereocenters. The monoisotopic (exact) mass is 1210 g/mol. The lowest BCUT2D eigenvalue weighted by molar-refractivity contribution is 0.0525. The number of nitrogens with one attached hydrogen (secondary N) is 7. The molecule has 9 aliphatic heterocycles. The zero-order valence-corrected chi connectivity index (χ0v) is 52.2. The lowest BCUT2D eigenvalue weighted by atomic mass is 9.97. The van der Waals surface area contributed by atoms with Gasteiger partial charge in [-0.3, -0.25) is 43.5 Å². The highest BCUT2D eigenvalue weighted by molar-refractivity contribution is 6.04. The first-order valence-corrected chi connectivity index (χ1v) is 30.6. The summed E-state index contributed by atoms with van der Waals surface area (Å²) in [5, 5.41) is 21.3. The summed E-state index contributed by atoms with van der Waals surface area (Å²) in [6.45, 7) is 18.0. The van der Waals surface area contributed by atoms with Crippen LogP contribution in [0.1, 0.15) is 136 Å². The minimum atomic E-state index is -0.621. The topological polar surface area (TPSA) is 267 Å². The van der Waals surface area contributed by atoms with Gasteiger partial charge in [0, 0.05) is 133 Å². The number of benzene rings is 5. The van der Waals surface area contributed by atoms with E-state index in [2.05, 4.69) is 47.0 Å². The van der Waals surface area contributed by atoms with Gasteiger partial charge in [0.15, 0.2) is 11.5 Å². The molecule has 9 heterocycles. The normalized spacial score (nSPS) is 17.9. The highest BCUT2D eigenvalue weighted by Gasteiger charge is 2.27. The second-order valence-electron chi connectivity index (χ2n) is 23.4. The molecule has 0 aromatic heterocycles. The number of nitrogens with zero attached hydrogens (tertiary/aromatic N) is 3. The number of carbonyl (C=O) groups excluding carboxylic acids is 7. The minimum Gasteiger partial charge on any atom is -0.484 e. The average Bonchev–Trinajstić information content (AvgIpc) is 1.67. The van der Waals surface area contributed by atoms with E-state index in [1.165, 1.54) is 0 Å². The molecule has 1 unspecified atom stereocenters. The van der Waals surface area contributed by atoms with E-state index in [1.54, 1.807) is 36.4 Å². The average molecular weight is 1210 g/mol. The van der Waals surface area contributed by atoms with E-state index in [4.69, 9.17) is 19.9 Å². The predicted molar refractivity (Wildman–Crippen MR) is 339 cm³/mol. The maximum absolute atomic E-state index is 14.7. The summed E-state index contributed by atoms with van der Waals surface area (Å²) in [6.07, 6.45) is 1.56. The van der Waals surface area contributed by atoms with Crippen molar-refractivity contribution in [3.63, 3.8) is 0 Å². The third-order valence-corrected chi connectivity index (χ3v) is 15.8. The molecular weight excluding hydrogens is 1120 g/mol. The van der Waals surface area contributed by atoms with Crippen LogP contribution in [-0.4, -0.2) is 173 Å². The van der Waals surface area contributed by atoms with Crippen LogP contribution in [0.2, 0.25) is 0 Å². The van der Waals surface area contributed by atoms with E-state index in [-0.39, 0.29) is 105 Å². The van der Waals surface area contributed by atoms with Gasteiger partial charge in [-0.05, 0) is 131 Å². The third-order valence-electron chi connectivity index (χ3n) is 15.8. The molecule has 9 aliphatic rings. The highest BCUT2D eigenvalue weighted by atomic mass is 16.6. The summed E-state index contributed by atoms with van der Waals surface area (Å²) in [7, 11) is 0.